The Hall–Kier alpha value is -2.52. The van der Waals surface area contributed by atoms with E-state index in [1.54, 1.807) is 6.07 Å². The molecule has 0 aliphatic carbocycles. The van der Waals surface area contributed by atoms with E-state index in [1.165, 1.54) is 0 Å². The standard InChI is InChI=1S/C19H18O3/c20-18-10-4-9-17-16(18)8-5-11-19(17)22-13-12-21-14-15-6-2-1-3-7-15/h1-11,20H,12-14H2/p+1. The summed E-state index contributed by atoms with van der Waals surface area (Å²) in [7, 11) is 0. The van der Waals surface area contributed by atoms with Crippen LogP contribution in [0.1, 0.15) is 5.56 Å². The van der Waals surface area contributed by atoms with Gasteiger partial charge in [0.1, 0.15) is 12.4 Å². The third kappa shape index (κ3) is 3.38. The average molecular weight is 295 g/mol. The Labute approximate surface area is 129 Å². The minimum absolute atomic E-state index is 0.494. The molecule has 3 rings (SSSR count). The number of hydrogen-bond donors (Lipinski definition) is 0. The molecule has 0 aliphatic rings. The van der Waals surface area contributed by atoms with Crippen molar-refractivity contribution in [3.63, 3.8) is 0 Å². The zero-order valence-corrected chi connectivity index (χ0v) is 12.3. The van der Waals surface area contributed by atoms with Crippen LogP contribution in [0.5, 0.6) is 11.5 Å². The van der Waals surface area contributed by atoms with Gasteiger partial charge in [0.15, 0.2) is 0 Å². The lowest BCUT2D eigenvalue weighted by molar-refractivity contribution is 0.0894. The third-order valence-corrected chi connectivity index (χ3v) is 3.48. The molecule has 0 saturated heterocycles. The smallest absolute Gasteiger partial charge is 0.261 e. The number of rotatable bonds is 6. The molecule has 0 unspecified atom stereocenters. The lowest BCUT2D eigenvalue weighted by atomic mass is 10.1. The van der Waals surface area contributed by atoms with Crippen LogP contribution < -0.4 is 4.74 Å². The van der Waals surface area contributed by atoms with Crippen molar-refractivity contribution in [1.29, 1.82) is 0 Å². The van der Waals surface area contributed by atoms with E-state index >= 15 is 0 Å². The predicted molar refractivity (Wildman–Crippen MR) is 88.6 cm³/mol. The molecule has 112 valence electrons. The monoisotopic (exact) mass is 295 g/mol. The lowest BCUT2D eigenvalue weighted by Gasteiger charge is -2.09. The molecule has 2 N–H and O–H groups in total. The summed E-state index contributed by atoms with van der Waals surface area (Å²) >= 11 is 0. The van der Waals surface area contributed by atoms with Gasteiger partial charge in [0.05, 0.1) is 18.6 Å². The van der Waals surface area contributed by atoms with Crippen LogP contribution in [-0.2, 0) is 11.3 Å². The first-order chi connectivity index (χ1) is 10.8. The summed E-state index contributed by atoms with van der Waals surface area (Å²) in [5, 5.41) is 9.80. The highest BCUT2D eigenvalue weighted by molar-refractivity contribution is 5.92. The van der Waals surface area contributed by atoms with E-state index in [0.29, 0.717) is 25.6 Å². The van der Waals surface area contributed by atoms with Gasteiger partial charge < -0.3 is 14.6 Å². The van der Waals surface area contributed by atoms with E-state index in [4.69, 9.17) is 14.6 Å². The maximum absolute atomic E-state index is 7.92. The molecule has 0 saturated carbocycles. The van der Waals surface area contributed by atoms with E-state index < -0.39 is 0 Å². The van der Waals surface area contributed by atoms with Gasteiger partial charge in [-0.1, -0.05) is 42.5 Å². The second-order valence-corrected chi connectivity index (χ2v) is 5.04. The van der Waals surface area contributed by atoms with Crippen molar-refractivity contribution in [2.24, 2.45) is 0 Å². The highest BCUT2D eigenvalue weighted by atomic mass is 16.5. The van der Waals surface area contributed by atoms with Gasteiger partial charge in [-0.15, -0.1) is 0 Å². The molecule has 0 spiro atoms. The van der Waals surface area contributed by atoms with Crippen LogP contribution in [0.25, 0.3) is 10.8 Å². The Morgan fingerprint density at radius 3 is 2.36 bits per heavy atom. The third-order valence-electron chi connectivity index (χ3n) is 3.48. The number of ether oxygens (including phenoxy) is 2. The molecule has 0 bridgehead atoms. The Balaban J connectivity index is 1.55. The highest BCUT2D eigenvalue weighted by Gasteiger charge is 2.07. The molecule has 0 radical (unpaired) electrons. The Kier molecular flexibility index (Phi) is 4.56. The zero-order chi connectivity index (χ0) is 15.2. The van der Waals surface area contributed by atoms with Crippen LogP contribution in [0.15, 0.2) is 66.7 Å². The Morgan fingerprint density at radius 2 is 1.50 bits per heavy atom. The van der Waals surface area contributed by atoms with Gasteiger partial charge >= 0.3 is 0 Å². The summed E-state index contributed by atoms with van der Waals surface area (Å²) < 4.78 is 11.4. The van der Waals surface area contributed by atoms with Crippen molar-refractivity contribution < 1.29 is 14.6 Å². The molecular formula is C19H19O3+. The highest BCUT2D eigenvalue weighted by Crippen LogP contribution is 2.31. The quantitative estimate of drug-likeness (QED) is 0.511. The van der Waals surface area contributed by atoms with Crippen molar-refractivity contribution in [3.8, 4) is 11.5 Å². The van der Waals surface area contributed by atoms with Gasteiger partial charge in [0, 0.05) is 11.5 Å². The van der Waals surface area contributed by atoms with Crippen LogP contribution in [0.4, 0.5) is 0 Å². The minimum Gasteiger partial charge on any atom is -0.593 e. The molecule has 0 fully saturated rings. The van der Waals surface area contributed by atoms with Gasteiger partial charge in [-0.25, -0.2) is 0 Å². The SMILES string of the molecule is [OH2+]c1cccc2c(OCCOCc3ccccc3)cccc12. The molecule has 3 aromatic rings. The van der Waals surface area contributed by atoms with E-state index in [9.17, 15) is 0 Å². The van der Waals surface area contributed by atoms with Crippen molar-refractivity contribution in [1.82, 2.24) is 0 Å². The second kappa shape index (κ2) is 6.96. The fourth-order valence-corrected chi connectivity index (χ4v) is 2.38. The van der Waals surface area contributed by atoms with Crippen molar-refractivity contribution in [2.45, 2.75) is 6.61 Å². The van der Waals surface area contributed by atoms with Crippen LogP contribution in [0.2, 0.25) is 0 Å². The molecule has 3 aromatic carbocycles. The summed E-state index contributed by atoms with van der Waals surface area (Å²) in [6.45, 7) is 1.62. The molecular weight excluding hydrogens is 276 g/mol. The summed E-state index contributed by atoms with van der Waals surface area (Å²) in [5.74, 6) is 1.32. The lowest BCUT2D eigenvalue weighted by Crippen LogP contribution is -2.06. The first-order valence-electron chi connectivity index (χ1n) is 7.32. The van der Waals surface area contributed by atoms with Gasteiger partial charge in [0.25, 0.3) is 5.75 Å². The summed E-state index contributed by atoms with van der Waals surface area (Å²) in [6.07, 6.45) is 0. The largest absolute Gasteiger partial charge is 0.593 e. The van der Waals surface area contributed by atoms with Crippen LogP contribution in [0.3, 0.4) is 0 Å². The molecule has 0 amide bonds. The molecule has 0 heterocycles. The van der Waals surface area contributed by atoms with E-state index in [2.05, 4.69) is 0 Å². The van der Waals surface area contributed by atoms with Crippen LogP contribution >= 0.6 is 0 Å². The maximum atomic E-state index is 7.92. The predicted octanol–water partition coefficient (Wildman–Crippen LogP) is 3.87. The number of hydrogen-bond acceptors (Lipinski definition) is 2. The molecule has 22 heavy (non-hydrogen) atoms. The molecule has 0 atom stereocenters. The minimum atomic E-state index is 0.494. The van der Waals surface area contributed by atoms with Gasteiger partial charge in [-0.2, -0.15) is 0 Å². The normalized spacial score (nSPS) is 10.7. The zero-order valence-electron chi connectivity index (χ0n) is 12.3. The van der Waals surface area contributed by atoms with E-state index in [1.807, 2.05) is 60.7 Å². The second-order valence-electron chi connectivity index (χ2n) is 5.04. The average Bonchev–Trinajstić information content (AvgIpc) is 2.56. The molecule has 0 aliphatic heterocycles. The first kappa shape index (κ1) is 14.4. The van der Waals surface area contributed by atoms with Crippen molar-refractivity contribution in [3.05, 3.63) is 72.3 Å². The summed E-state index contributed by atoms with van der Waals surface area (Å²) in [5.41, 5.74) is 1.16. The fraction of sp³-hybridized carbons (Fsp3) is 0.158. The fourth-order valence-electron chi connectivity index (χ4n) is 2.38. The van der Waals surface area contributed by atoms with Crippen molar-refractivity contribution in [2.75, 3.05) is 13.2 Å². The number of benzene rings is 3. The molecule has 0 aromatic heterocycles. The summed E-state index contributed by atoms with van der Waals surface area (Å²) in [4.78, 5) is 0. The van der Waals surface area contributed by atoms with Crippen LogP contribution in [0, 0.1) is 0 Å². The topological polar surface area (TPSA) is 41.4 Å². The summed E-state index contributed by atoms with van der Waals surface area (Å²) in [6, 6.07) is 21.5. The Bertz CT molecular complexity index is 738. The van der Waals surface area contributed by atoms with Gasteiger partial charge in [-0.3, -0.25) is 0 Å². The van der Waals surface area contributed by atoms with E-state index in [-0.39, 0.29) is 0 Å². The van der Waals surface area contributed by atoms with Gasteiger partial charge in [0.2, 0.25) is 0 Å². The van der Waals surface area contributed by atoms with Crippen molar-refractivity contribution >= 4 is 10.8 Å². The molecule has 3 heteroatoms. The Morgan fingerprint density at radius 1 is 0.727 bits per heavy atom. The van der Waals surface area contributed by atoms with E-state index in [0.717, 1.165) is 22.1 Å². The van der Waals surface area contributed by atoms with Gasteiger partial charge in [-0.05, 0) is 23.8 Å². The van der Waals surface area contributed by atoms with Crippen LogP contribution in [-0.4, -0.2) is 18.3 Å². The molecule has 3 nitrogen and oxygen atoms in total. The first-order valence-corrected chi connectivity index (χ1v) is 7.32. The number of fused-ring (bicyclic) bond motifs is 1. The maximum Gasteiger partial charge on any atom is 0.261 e.